The van der Waals surface area contributed by atoms with Gasteiger partial charge in [0.15, 0.2) is 0 Å². The number of likely N-dealkylation sites (tertiary alicyclic amines) is 1. The molecule has 2 N–H and O–H groups in total. The summed E-state index contributed by atoms with van der Waals surface area (Å²) >= 11 is 0. The lowest BCUT2D eigenvalue weighted by Crippen LogP contribution is -2.78. The summed E-state index contributed by atoms with van der Waals surface area (Å²) in [6.07, 6.45) is 2.54. The first kappa shape index (κ1) is 19.3. The van der Waals surface area contributed by atoms with E-state index in [0.29, 0.717) is 32.6 Å². The highest BCUT2D eigenvalue weighted by Gasteiger charge is 2.56. The van der Waals surface area contributed by atoms with Crippen LogP contribution in [0.2, 0.25) is 0 Å². The lowest BCUT2D eigenvalue weighted by Gasteiger charge is -2.61. The zero-order valence-electron chi connectivity index (χ0n) is 16.4. The zero-order chi connectivity index (χ0) is 19.7. The van der Waals surface area contributed by atoms with Crippen LogP contribution in [0.3, 0.4) is 0 Å². The maximum Gasteiger partial charge on any atom is 0.224 e. The minimum atomic E-state index is -0.318. The van der Waals surface area contributed by atoms with Crippen molar-refractivity contribution in [2.75, 3.05) is 39.3 Å². The van der Waals surface area contributed by atoms with Crippen LogP contribution in [0.15, 0.2) is 24.4 Å². The van der Waals surface area contributed by atoms with Gasteiger partial charge in [0.05, 0.1) is 17.3 Å². The van der Waals surface area contributed by atoms with Crippen molar-refractivity contribution in [3.63, 3.8) is 0 Å². The average molecular weight is 387 g/mol. The van der Waals surface area contributed by atoms with E-state index in [4.69, 9.17) is 0 Å². The van der Waals surface area contributed by atoms with Crippen molar-refractivity contribution >= 4 is 11.8 Å². The number of amides is 2. The van der Waals surface area contributed by atoms with E-state index >= 15 is 0 Å². The van der Waals surface area contributed by atoms with Crippen LogP contribution in [0.4, 0.5) is 0 Å². The summed E-state index contributed by atoms with van der Waals surface area (Å²) in [7, 11) is 0. The maximum atomic E-state index is 12.7. The molecule has 1 aromatic heterocycles. The van der Waals surface area contributed by atoms with E-state index < -0.39 is 0 Å². The number of aromatic nitrogens is 1. The predicted molar refractivity (Wildman–Crippen MR) is 103 cm³/mol. The highest BCUT2D eigenvalue weighted by atomic mass is 16.3. The maximum absolute atomic E-state index is 12.7. The molecule has 28 heavy (non-hydrogen) atoms. The van der Waals surface area contributed by atoms with Crippen molar-refractivity contribution in [3.8, 4) is 0 Å². The quantitative estimate of drug-likeness (QED) is 0.704. The van der Waals surface area contributed by atoms with Gasteiger partial charge in [-0.15, -0.1) is 0 Å². The van der Waals surface area contributed by atoms with Crippen molar-refractivity contribution in [1.29, 1.82) is 0 Å². The number of aliphatic hydroxyl groups excluding tert-OH is 1. The predicted octanol–water partition coefficient (Wildman–Crippen LogP) is -0.560. The lowest BCUT2D eigenvalue weighted by atomic mass is 9.83. The number of nitrogens with one attached hydrogen (secondary N) is 1. The molecule has 4 rings (SSSR count). The molecule has 1 aromatic rings. The Morgan fingerprint density at radius 1 is 1.29 bits per heavy atom. The molecule has 1 spiro atoms. The second kappa shape index (κ2) is 7.77. The van der Waals surface area contributed by atoms with E-state index in [1.807, 2.05) is 29.3 Å². The van der Waals surface area contributed by atoms with Crippen molar-refractivity contribution in [2.45, 2.75) is 44.0 Å². The Labute approximate surface area is 165 Å². The second-order valence-electron chi connectivity index (χ2n) is 8.39. The summed E-state index contributed by atoms with van der Waals surface area (Å²) in [5.74, 6) is -0.0329. The molecule has 0 radical (unpaired) electrons. The zero-order valence-corrected chi connectivity index (χ0v) is 16.4. The Kier molecular flexibility index (Phi) is 5.35. The molecular weight excluding hydrogens is 358 g/mol. The van der Waals surface area contributed by atoms with Crippen LogP contribution < -0.4 is 5.32 Å². The molecule has 0 bridgehead atoms. The molecule has 4 heterocycles. The van der Waals surface area contributed by atoms with Crippen LogP contribution in [0.25, 0.3) is 0 Å². The number of fused-ring (bicyclic) bond motifs is 2. The van der Waals surface area contributed by atoms with Crippen LogP contribution in [-0.4, -0.2) is 93.6 Å². The standard InChI is InChI=1S/C20H29N5O3/c1-15(26)21-7-5-19(28)24-10-17-8-18(27)11-25(17)20(14-24)12-23(13-20)9-16-4-2-3-6-22-16/h2-4,6,17-18,27H,5,7-14H2,1H3,(H,21,26)/t17-,18+/m0/s1. The first-order valence-corrected chi connectivity index (χ1v) is 10.0. The third-order valence-corrected chi connectivity index (χ3v) is 6.13. The number of β-amino-alcohol motifs (C(OH)–C–C–N with tert-alkyl or cyclic N) is 1. The lowest BCUT2D eigenvalue weighted by molar-refractivity contribution is -0.151. The van der Waals surface area contributed by atoms with Crippen molar-refractivity contribution < 1.29 is 14.7 Å². The van der Waals surface area contributed by atoms with E-state index in [-0.39, 0.29) is 29.5 Å². The van der Waals surface area contributed by atoms with E-state index in [1.54, 1.807) is 0 Å². The number of nitrogens with zero attached hydrogens (tertiary/aromatic N) is 4. The highest BCUT2D eigenvalue weighted by Crippen LogP contribution is 2.39. The Bertz CT molecular complexity index is 722. The Morgan fingerprint density at radius 3 is 2.82 bits per heavy atom. The molecule has 0 saturated carbocycles. The Balaban J connectivity index is 1.40. The molecule has 0 aromatic carbocycles. The van der Waals surface area contributed by atoms with Gasteiger partial charge in [0.1, 0.15) is 0 Å². The summed E-state index contributed by atoms with van der Waals surface area (Å²) in [6, 6.07) is 6.17. The Morgan fingerprint density at radius 2 is 2.11 bits per heavy atom. The monoisotopic (exact) mass is 387 g/mol. The highest BCUT2D eigenvalue weighted by molar-refractivity contribution is 5.78. The number of hydrogen-bond acceptors (Lipinski definition) is 6. The van der Waals surface area contributed by atoms with E-state index in [1.165, 1.54) is 6.92 Å². The first-order valence-electron chi connectivity index (χ1n) is 10.0. The van der Waals surface area contributed by atoms with Crippen molar-refractivity contribution in [3.05, 3.63) is 30.1 Å². The van der Waals surface area contributed by atoms with Gasteiger partial charge in [0, 0.05) is 71.4 Å². The number of carbonyl (C=O) groups excluding carboxylic acids is 2. The van der Waals surface area contributed by atoms with Crippen LogP contribution in [0.5, 0.6) is 0 Å². The number of pyridine rings is 1. The smallest absolute Gasteiger partial charge is 0.224 e. The molecule has 2 amide bonds. The molecule has 0 unspecified atom stereocenters. The number of rotatable bonds is 5. The molecule has 8 nitrogen and oxygen atoms in total. The summed E-state index contributed by atoms with van der Waals surface area (Å²) in [5, 5.41) is 12.9. The summed E-state index contributed by atoms with van der Waals surface area (Å²) < 4.78 is 0. The minimum absolute atomic E-state index is 0.0809. The van der Waals surface area contributed by atoms with Crippen LogP contribution in [0, 0.1) is 0 Å². The van der Waals surface area contributed by atoms with Crippen LogP contribution in [0.1, 0.15) is 25.5 Å². The summed E-state index contributed by atoms with van der Waals surface area (Å²) in [5.41, 5.74) is 0.966. The first-order chi connectivity index (χ1) is 13.4. The van der Waals surface area contributed by atoms with Gasteiger partial charge in [-0.3, -0.25) is 24.4 Å². The topological polar surface area (TPSA) is 89.0 Å². The van der Waals surface area contributed by atoms with Crippen LogP contribution in [-0.2, 0) is 16.1 Å². The van der Waals surface area contributed by atoms with Gasteiger partial charge < -0.3 is 15.3 Å². The molecule has 3 aliphatic rings. The largest absolute Gasteiger partial charge is 0.392 e. The third kappa shape index (κ3) is 3.90. The Hall–Kier alpha value is -2.03. The minimum Gasteiger partial charge on any atom is -0.392 e. The van der Waals surface area contributed by atoms with Gasteiger partial charge >= 0.3 is 0 Å². The molecule has 3 aliphatic heterocycles. The van der Waals surface area contributed by atoms with Gasteiger partial charge in [0.2, 0.25) is 11.8 Å². The molecule has 0 aliphatic carbocycles. The molecule has 152 valence electrons. The molecule has 3 fully saturated rings. The fraction of sp³-hybridized carbons (Fsp3) is 0.650. The van der Waals surface area contributed by atoms with Crippen LogP contribution >= 0.6 is 0 Å². The normalized spacial score (nSPS) is 26.7. The van der Waals surface area contributed by atoms with Gasteiger partial charge in [-0.1, -0.05) is 6.07 Å². The number of piperazine rings is 1. The van der Waals surface area contributed by atoms with E-state index in [9.17, 15) is 14.7 Å². The fourth-order valence-electron chi connectivity index (χ4n) is 5.00. The van der Waals surface area contributed by atoms with Gasteiger partial charge in [0.25, 0.3) is 0 Å². The molecule has 3 saturated heterocycles. The third-order valence-electron chi connectivity index (χ3n) is 6.13. The number of carbonyl (C=O) groups is 2. The van der Waals surface area contributed by atoms with E-state index in [0.717, 1.165) is 31.7 Å². The van der Waals surface area contributed by atoms with Crippen molar-refractivity contribution in [2.24, 2.45) is 0 Å². The number of aliphatic hydroxyl groups is 1. The fourth-order valence-corrected chi connectivity index (χ4v) is 5.00. The summed E-state index contributed by atoms with van der Waals surface area (Å²) in [6.45, 7) is 6.44. The van der Waals surface area contributed by atoms with E-state index in [2.05, 4.69) is 20.1 Å². The molecular formula is C20H29N5O3. The summed E-state index contributed by atoms with van der Waals surface area (Å²) in [4.78, 5) is 34.9. The SMILES string of the molecule is CC(=O)NCCC(=O)N1C[C@@H]2C[C@@H](O)CN2C2(CN(Cc3ccccn3)C2)C1. The molecule has 8 heteroatoms. The van der Waals surface area contributed by atoms with Gasteiger partial charge in [-0.2, -0.15) is 0 Å². The van der Waals surface area contributed by atoms with Gasteiger partial charge in [-0.25, -0.2) is 0 Å². The number of hydrogen-bond donors (Lipinski definition) is 2. The van der Waals surface area contributed by atoms with Gasteiger partial charge in [-0.05, 0) is 18.6 Å². The second-order valence-corrected chi connectivity index (χ2v) is 8.39. The van der Waals surface area contributed by atoms with Crippen molar-refractivity contribution in [1.82, 2.24) is 25.0 Å². The molecule has 2 atom stereocenters. The average Bonchev–Trinajstić information content (AvgIpc) is 3.01.